The van der Waals surface area contributed by atoms with Crippen molar-refractivity contribution in [3.8, 4) is 0 Å². The van der Waals surface area contributed by atoms with Crippen molar-refractivity contribution in [2.24, 2.45) is 5.41 Å². The van der Waals surface area contributed by atoms with Gasteiger partial charge >= 0.3 is 6.18 Å². The summed E-state index contributed by atoms with van der Waals surface area (Å²) in [6.07, 6.45) is 3.75. The van der Waals surface area contributed by atoms with Gasteiger partial charge in [0.25, 0.3) is 0 Å². The third-order valence-corrected chi connectivity index (χ3v) is 8.81. The lowest BCUT2D eigenvalue weighted by Gasteiger charge is -2.41. The fourth-order valence-electron chi connectivity index (χ4n) is 6.81. The molecule has 218 valence electrons. The van der Waals surface area contributed by atoms with Crippen molar-refractivity contribution in [2.75, 3.05) is 37.6 Å². The predicted octanol–water partition coefficient (Wildman–Crippen LogP) is 7.19. The minimum atomic E-state index is -4.14. The van der Waals surface area contributed by atoms with Gasteiger partial charge in [-0.3, -0.25) is 4.90 Å². The standard InChI is InChI=1S/C17H24F2N2.C14H15F3N2/c18-14-10-15(19)12-16(11-14)21-8-2-5-17(6-3-9-21)4-1-7-20-13-17;1-9-6-11-10-4-2-3-5-12(10)18-13(11)7-19(9)8-14(15,16)17/h10-12,20H,1-9,13H2;2-5,9,18H,6-8H2,1H3. The maximum atomic E-state index is 13.4. The first kappa shape index (κ1) is 28.9. The van der Waals surface area contributed by atoms with Crippen molar-refractivity contribution >= 4 is 16.6 Å². The Morgan fingerprint density at radius 2 is 1.62 bits per heavy atom. The monoisotopic (exact) mass is 562 g/mol. The number of hydrogen-bond acceptors (Lipinski definition) is 3. The number of aromatic nitrogens is 1. The minimum absolute atomic E-state index is 0.0895. The van der Waals surface area contributed by atoms with E-state index in [0.717, 1.165) is 61.7 Å². The van der Waals surface area contributed by atoms with Crippen LogP contribution < -0.4 is 10.2 Å². The number of fused-ring (bicyclic) bond motifs is 3. The molecule has 4 heterocycles. The summed E-state index contributed by atoms with van der Waals surface area (Å²) in [4.78, 5) is 6.86. The summed E-state index contributed by atoms with van der Waals surface area (Å²) < 4.78 is 64.4. The van der Waals surface area contributed by atoms with Crippen LogP contribution in [0.15, 0.2) is 42.5 Å². The highest BCUT2D eigenvalue weighted by atomic mass is 19.4. The highest BCUT2D eigenvalue weighted by molar-refractivity contribution is 5.84. The van der Waals surface area contributed by atoms with Crippen LogP contribution in [0.2, 0.25) is 0 Å². The van der Waals surface area contributed by atoms with Crippen molar-refractivity contribution in [1.82, 2.24) is 15.2 Å². The Labute approximate surface area is 232 Å². The zero-order chi connectivity index (χ0) is 28.3. The molecule has 2 N–H and O–H groups in total. The molecule has 0 bridgehead atoms. The van der Waals surface area contributed by atoms with E-state index in [4.69, 9.17) is 0 Å². The highest BCUT2D eigenvalue weighted by Crippen LogP contribution is 2.38. The number of nitrogens with zero attached hydrogens (tertiary/aromatic N) is 2. The Bertz CT molecular complexity index is 1250. The molecule has 2 fully saturated rings. The Morgan fingerprint density at radius 1 is 0.950 bits per heavy atom. The van der Waals surface area contributed by atoms with Crippen LogP contribution in [0.3, 0.4) is 0 Å². The van der Waals surface area contributed by atoms with Gasteiger partial charge in [0.05, 0.1) is 6.54 Å². The van der Waals surface area contributed by atoms with Gasteiger partial charge in [0.15, 0.2) is 0 Å². The molecule has 9 heteroatoms. The van der Waals surface area contributed by atoms with E-state index >= 15 is 0 Å². The van der Waals surface area contributed by atoms with Crippen molar-refractivity contribution < 1.29 is 22.0 Å². The first-order valence-electron chi connectivity index (χ1n) is 14.4. The molecule has 3 aromatic rings. The minimum Gasteiger partial charge on any atom is -0.371 e. The molecule has 4 nitrogen and oxygen atoms in total. The van der Waals surface area contributed by atoms with Crippen LogP contribution in [0.25, 0.3) is 10.9 Å². The van der Waals surface area contributed by atoms with E-state index in [-0.39, 0.29) is 6.04 Å². The first-order valence-corrected chi connectivity index (χ1v) is 14.4. The molecule has 2 saturated heterocycles. The molecule has 40 heavy (non-hydrogen) atoms. The molecule has 1 atom stereocenters. The quantitative estimate of drug-likeness (QED) is 0.325. The van der Waals surface area contributed by atoms with Crippen molar-refractivity contribution in [3.63, 3.8) is 0 Å². The van der Waals surface area contributed by atoms with E-state index in [1.165, 1.54) is 48.3 Å². The van der Waals surface area contributed by atoms with Crippen LogP contribution in [0.1, 0.15) is 56.7 Å². The molecule has 3 aliphatic heterocycles. The molecule has 1 unspecified atom stereocenters. The third kappa shape index (κ3) is 6.97. The van der Waals surface area contributed by atoms with E-state index in [1.807, 2.05) is 31.2 Å². The lowest BCUT2D eigenvalue weighted by atomic mass is 9.73. The average molecular weight is 563 g/mol. The largest absolute Gasteiger partial charge is 0.401 e. The number of nitrogens with one attached hydrogen (secondary N) is 2. The molecule has 6 rings (SSSR count). The Morgan fingerprint density at radius 3 is 2.27 bits per heavy atom. The van der Waals surface area contributed by atoms with Gasteiger partial charge in [-0.1, -0.05) is 18.2 Å². The van der Waals surface area contributed by atoms with E-state index in [0.29, 0.717) is 24.1 Å². The number of H-pyrrole nitrogens is 1. The second-order valence-electron chi connectivity index (χ2n) is 11.8. The molecule has 2 aromatic carbocycles. The van der Waals surface area contributed by atoms with E-state index in [2.05, 4.69) is 15.2 Å². The van der Waals surface area contributed by atoms with Crippen LogP contribution in [-0.4, -0.2) is 54.8 Å². The third-order valence-electron chi connectivity index (χ3n) is 8.81. The van der Waals surface area contributed by atoms with Crippen LogP contribution in [0, 0.1) is 17.0 Å². The summed E-state index contributed by atoms with van der Waals surface area (Å²) >= 11 is 0. The number of halogens is 5. The molecular formula is C31H39F5N4. The number of hydrogen-bond donors (Lipinski definition) is 2. The van der Waals surface area contributed by atoms with Crippen molar-refractivity contribution in [1.29, 1.82) is 0 Å². The number of anilines is 1. The predicted molar refractivity (Wildman–Crippen MR) is 150 cm³/mol. The number of piperidine rings is 1. The molecule has 1 spiro atoms. The average Bonchev–Trinajstić information content (AvgIpc) is 3.23. The summed E-state index contributed by atoms with van der Waals surface area (Å²) in [5, 5.41) is 4.67. The number of benzene rings is 2. The van der Waals surface area contributed by atoms with E-state index in [1.54, 1.807) is 0 Å². The maximum Gasteiger partial charge on any atom is 0.401 e. The van der Waals surface area contributed by atoms with E-state index < -0.39 is 24.4 Å². The van der Waals surface area contributed by atoms with Gasteiger partial charge in [-0.2, -0.15) is 13.2 Å². The molecule has 0 aliphatic carbocycles. The Kier molecular flexibility index (Phi) is 8.71. The normalized spacial score (nSPS) is 21.9. The molecular weight excluding hydrogens is 523 g/mol. The lowest BCUT2D eigenvalue weighted by Crippen LogP contribution is -2.43. The molecule has 3 aliphatic rings. The van der Waals surface area contributed by atoms with Gasteiger partial charge in [0.2, 0.25) is 0 Å². The number of alkyl halides is 3. The van der Waals surface area contributed by atoms with Crippen LogP contribution >= 0.6 is 0 Å². The van der Waals surface area contributed by atoms with Crippen molar-refractivity contribution in [2.45, 2.75) is 70.6 Å². The van der Waals surface area contributed by atoms with Crippen molar-refractivity contribution in [3.05, 3.63) is 65.4 Å². The summed E-state index contributed by atoms with van der Waals surface area (Å²) in [6.45, 7) is 5.43. The highest BCUT2D eigenvalue weighted by Gasteiger charge is 2.36. The van der Waals surface area contributed by atoms with E-state index in [9.17, 15) is 22.0 Å². The molecule has 1 aromatic heterocycles. The van der Waals surface area contributed by atoms with Gasteiger partial charge in [0.1, 0.15) is 11.6 Å². The smallest absolute Gasteiger partial charge is 0.371 e. The fraction of sp³-hybridized carbons (Fsp3) is 0.548. The molecule has 0 saturated carbocycles. The lowest BCUT2D eigenvalue weighted by molar-refractivity contribution is -0.152. The Hall–Kier alpha value is -2.65. The summed E-state index contributed by atoms with van der Waals surface area (Å²) in [5.41, 5.74) is 4.25. The topological polar surface area (TPSA) is 34.3 Å². The van der Waals surface area contributed by atoms with Gasteiger partial charge in [0, 0.05) is 60.6 Å². The van der Waals surface area contributed by atoms with Gasteiger partial charge in [-0.05, 0) is 87.6 Å². The van der Waals surface area contributed by atoms with Crippen LogP contribution in [0.4, 0.5) is 27.6 Å². The molecule has 0 radical (unpaired) electrons. The fourth-order valence-corrected chi connectivity index (χ4v) is 6.81. The molecule has 0 amide bonds. The zero-order valence-corrected chi connectivity index (χ0v) is 23.1. The summed E-state index contributed by atoms with van der Waals surface area (Å²) in [7, 11) is 0. The zero-order valence-electron chi connectivity index (χ0n) is 23.1. The summed E-state index contributed by atoms with van der Waals surface area (Å²) in [5.74, 6) is -0.972. The van der Waals surface area contributed by atoms with Crippen LogP contribution in [-0.2, 0) is 13.0 Å². The van der Waals surface area contributed by atoms with Crippen LogP contribution in [0.5, 0.6) is 0 Å². The Balaban J connectivity index is 0.000000162. The number of aromatic amines is 1. The summed E-state index contributed by atoms with van der Waals surface area (Å²) in [6, 6.07) is 11.6. The van der Waals surface area contributed by atoms with Gasteiger partial charge in [-0.25, -0.2) is 8.78 Å². The second kappa shape index (κ2) is 12.1. The number of para-hydroxylation sites is 1. The first-order chi connectivity index (χ1) is 19.1. The number of rotatable bonds is 2. The SMILES string of the molecule is CC1Cc2c([nH]c3ccccc23)CN1CC(F)(F)F.Fc1cc(F)cc(N2CCCC3(CCCNC3)CCC2)c1. The van der Waals surface area contributed by atoms with Gasteiger partial charge < -0.3 is 15.2 Å². The second-order valence-corrected chi connectivity index (χ2v) is 11.8. The maximum absolute atomic E-state index is 13.4. The van der Waals surface area contributed by atoms with Gasteiger partial charge in [-0.15, -0.1) is 0 Å².